The minimum atomic E-state index is -0.131. The lowest BCUT2D eigenvalue weighted by Gasteiger charge is -2.13. The van der Waals surface area contributed by atoms with Gasteiger partial charge < -0.3 is 15.0 Å². The van der Waals surface area contributed by atoms with Gasteiger partial charge in [-0.05, 0) is 61.4 Å². The van der Waals surface area contributed by atoms with Gasteiger partial charge >= 0.3 is 0 Å². The zero-order valence-corrected chi connectivity index (χ0v) is 15.9. The fourth-order valence-corrected chi connectivity index (χ4v) is 3.21. The molecule has 0 radical (unpaired) electrons. The van der Waals surface area contributed by atoms with Crippen LogP contribution < -0.4 is 10.1 Å². The number of nitrogens with one attached hydrogen (secondary N) is 2. The topological polar surface area (TPSA) is 54.1 Å². The standard InChI is InChI=1S/C24H22N2O2/c1-16-7-6-10-20(13-16)28-21-11-12-22-19(14-21)15-23(26-22)24(27)25-17(2)18-8-4-3-5-9-18/h3-15,17,26H,1-2H3,(H,25,27)/t17-/m0/s1. The molecule has 0 bridgehead atoms. The second kappa shape index (κ2) is 7.61. The van der Waals surface area contributed by atoms with E-state index in [2.05, 4.69) is 10.3 Å². The van der Waals surface area contributed by atoms with Gasteiger partial charge in [0, 0.05) is 10.9 Å². The summed E-state index contributed by atoms with van der Waals surface area (Å²) in [5.41, 5.74) is 3.65. The third-order valence-corrected chi connectivity index (χ3v) is 4.71. The highest BCUT2D eigenvalue weighted by Crippen LogP contribution is 2.27. The Kier molecular flexibility index (Phi) is 4.85. The van der Waals surface area contributed by atoms with Gasteiger partial charge in [-0.15, -0.1) is 0 Å². The Morgan fingerprint density at radius 1 is 0.929 bits per heavy atom. The van der Waals surface area contributed by atoms with E-state index < -0.39 is 0 Å². The summed E-state index contributed by atoms with van der Waals surface area (Å²) in [5.74, 6) is 1.40. The molecule has 1 heterocycles. The van der Waals surface area contributed by atoms with Crippen molar-refractivity contribution in [1.29, 1.82) is 0 Å². The molecule has 0 unspecified atom stereocenters. The number of hydrogen-bond donors (Lipinski definition) is 2. The molecule has 28 heavy (non-hydrogen) atoms. The summed E-state index contributed by atoms with van der Waals surface area (Å²) in [6, 6.07) is 25.4. The number of benzene rings is 3. The fourth-order valence-electron chi connectivity index (χ4n) is 3.21. The van der Waals surface area contributed by atoms with Gasteiger partial charge in [-0.2, -0.15) is 0 Å². The quantitative estimate of drug-likeness (QED) is 0.469. The molecule has 0 spiro atoms. The Balaban J connectivity index is 1.52. The number of fused-ring (bicyclic) bond motifs is 1. The molecular formula is C24H22N2O2. The Hall–Kier alpha value is -3.53. The number of aryl methyl sites for hydroxylation is 1. The molecule has 4 heteroatoms. The summed E-state index contributed by atoms with van der Waals surface area (Å²) in [6.07, 6.45) is 0. The average molecular weight is 370 g/mol. The summed E-state index contributed by atoms with van der Waals surface area (Å²) in [7, 11) is 0. The molecule has 4 nitrogen and oxygen atoms in total. The SMILES string of the molecule is Cc1cccc(Oc2ccc3[nH]c(C(=O)N[C@@H](C)c4ccccc4)cc3c2)c1. The third-order valence-electron chi connectivity index (χ3n) is 4.71. The first-order valence-electron chi connectivity index (χ1n) is 9.31. The van der Waals surface area contributed by atoms with E-state index in [0.717, 1.165) is 33.5 Å². The molecule has 1 amide bonds. The number of aromatic nitrogens is 1. The van der Waals surface area contributed by atoms with E-state index in [1.165, 1.54) is 0 Å². The maximum absolute atomic E-state index is 12.6. The molecule has 0 fully saturated rings. The molecule has 0 aliphatic heterocycles. The molecule has 0 aliphatic carbocycles. The van der Waals surface area contributed by atoms with E-state index in [1.54, 1.807) is 0 Å². The summed E-state index contributed by atoms with van der Waals surface area (Å²) in [6.45, 7) is 4.01. The molecule has 140 valence electrons. The smallest absolute Gasteiger partial charge is 0.268 e. The molecular weight excluding hydrogens is 348 g/mol. The number of carbonyl (C=O) groups is 1. The largest absolute Gasteiger partial charge is 0.457 e. The molecule has 0 saturated carbocycles. The molecule has 4 rings (SSSR count). The van der Waals surface area contributed by atoms with Crippen LogP contribution in [-0.2, 0) is 0 Å². The first kappa shape index (κ1) is 17.9. The van der Waals surface area contributed by atoms with Crippen molar-refractivity contribution >= 4 is 16.8 Å². The van der Waals surface area contributed by atoms with Gasteiger partial charge in [0.25, 0.3) is 5.91 Å². The third kappa shape index (κ3) is 3.91. The van der Waals surface area contributed by atoms with Gasteiger partial charge in [0.05, 0.1) is 6.04 Å². The van der Waals surface area contributed by atoms with Crippen LogP contribution in [0.5, 0.6) is 11.5 Å². The second-order valence-corrected chi connectivity index (χ2v) is 6.96. The van der Waals surface area contributed by atoms with E-state index >= 15 is 0 Å². The van der Waals surface area contributed by atoms with Crippen LogP contribution in [0.4, 0.5) is 0 Å². The van der Waals surface area contributed by atoms with E-state index in [9.17, 15) is 4.79 Å². The van der Waals surface area contributed by atoms with Crippen molar-refractivity contribution in [3.8, 4) is 11.5 Å². The highest BCUT2D eigenvalue weighted by molar-refractivity contribution is 5.98. The van der Waals surface area contributed by atoms with Crippen molar-refractivity contribution in [2.75, 3.05) is 0 Å². The first-order valence-corrected chi connectivity index (χ1v) is 9.31. The van der Waals surface area contributed by atoms with Crippen molar-refractivity contribution in [1.82, 2.24) is 10.3 Å². The predicted octanol–water partition coefficient (Wildman–Crippen LogP) is 5.76. The minimum Gasteiger partial charge on any atom is -0.457 e. The molecule has 2 N–H and O–H groups in total. The summed E-state index contributed by atoms with van der Waals surface area (Å²) in [4.78, 5) is 15.8. The fraction of sp³-hybridized carbons (Fsp3) is 0.125. The van der Waals surface area contributed by atoms with Crippen LogP contribution in [-0.4, -0.2) is 10.9 Å². The summed E-state index contributed by atoms with van der Waals surface area (Å²) >= 11 is 0. The monoisotopic (exact) mass is 370 g/mol. The van der Waals surface area contributed by atoms with Crippen molar-refractivity contribution < 1.29 is 9.53 Å². The average Bonchev–Trinajstić information content (AvgIpc) is 3.12. The summed E-state index contributed by atoms with van der Waals surface area (Å²) in [5, 5.41) is 3.97. The van der Waals surface area contributed by atoms with Crippen molar-refractivity contribution in [2.45, 2.75) is 19.9 Å². The van der Waals surface area contributed by atoms with Gasteiger partial charge in [-0.25, -0.2) is 0 Å². The minimum absolute atomic E-state index is 0.0691. The Bertz CT molecular complexity index is 1120. The maximum Gasteiger partial charge on any atom is 0.268 e. The number of carbonyl (C=O) groups excluding carboxylic acids is 1. The Morgan fingerprint density at radius 2 is 1.71 bits per heavy atom. The van der Waals surface area contributed by atoms with Gasteiger partial charge in [0.1, 0.15) is 17.2 Å². The number of hydrogen-bond acceptors (Lipinski definition) is 2. The van der Waals surface area contributed by atoms with Crippen LogP contribution in [0.2, 0.25) is 0 Å². The van der Waals surface area contributed by atoms with E-state index in [0.29, 0.717) is 5.69 Å². The normalized spacial score (nSPS) is 11.9. The van der Waals surface area contributed by atoms with Crippen LogP contribution >= 0.6 is 0 Å². The van der Waals surface area contributed by atoms with E-state index in [4.69, 9.17) is 4.74 Å². The highest BCUT2D eigenvalue weighted by Gasteiger charge is 2.14. The summed E-state index contributed by atoms with van der Waals surface area (Å²) < 4.78 is 5.94. The molecule has 1 aromatic heterocycles. The zero-order valence-electron chi connectivity index (χ0n) is 15.9. The van der Waals surface area contributed by atoms with Crippen molar-refractivity contribution in [3.63, 3.8) is 0 Å². The van der Waals surface area contributed by atoms with Crippen molar-refractivity contribution in [2.24, 2.45) is 0 Å². The van der Waals surface area contributed by atoms with E-state index in [-0.39, 0.29) is 11.9 Å². The Labute approximate surface area is 164 Å². The number of H-pyrrole nitrogens is 1. The molecule has 4 aromatic rings. The zero-order chi connectivity index (χ0) is 19.5. The number of ether oxygens (including phenoxy) is 1. The van der Waals surface area contributed by atoms with Gasteiger partial charge in [0.15, 0.2) is 0 Å². The van der Waals surface area contributed by atoms with Crippen LogP contribution in [0.1, 0.15) is 34.6 Å². The van der Waals surface area contributed by atoms with Crippen LogP contribution in [0.15, 0.2) is 78.9 Å². The lowest BCUT2D eigenvalue weighted by Crippen LogP contribution is -2.26. The molecule has 1 atom stereocenters. The van der Waals surface area contributed by atoms with Gasteiger partial charge in [-0.1, -0.05) is 42.5 Å². The second-order valence-electron chi connectivity index (χ2n) is 6.96. The van der Waals surface area contributed by atoms with Crippen molar-refractivity contribution in [3.05, 3.63) is 95.7 Å². The number of amides is 1. The predicted molar refractivity (Wildman–Crippen MR) is 112 cm³/mol. The maximum atomic E-state index is 12.6. The van der Waals surface area contributed by atoms with Crippen LogP contribution in [0.25, 0.3) is 10.9 Å². The highest BCUT2D eigenvalue weighted by atomic mass is 16.5. The number of rotatable bonds is 5. The molecule has 0 aliphatic rings. The first-order chi connectivity index (χ1) is 13.6. The lowest BCUT2D eigenvalue weighted by atomic mass is 10.1. The van der Waals surface area contributed by atoms with E-state index in [1.807, 2.05) is 92.7 Å². The number of aromatic amines is 1. The molecule has 3 aromatic carbocycles. The van der Waals surface area contributed by atoms with Crippen LogP contribution in [0, 0.1) is 6.92 Å². The van der Waals surface area contributed by atoms with Gasteiger partial charge in [-0.3, -0.25) is 4.79 Å². The Morgan fingerprint density at radius 3 is 2.50 bits per heavy atom. The lowest BCUT2D eigenvalue weighted by molar-refractivity contribution is 0.0935. The van der Waals surface area contributed by atoms with Gasteiger partial charge in [0.2, 0.25) is 0 Å². The van der Waals surface area contributed by atoms with Crippen LogP contribution in [0.3, 0.4) is 0 Å². The molecule has 0 saturated heterocycles.